The minimum atomic E-state index is 0.232. The van der Waals surface area contributed by atoms with Crippen molar-refractivity contribution in [2.24, 2.45) is 17.8 Å². The summed E-state index contributed by atoms with van der Waals surface area (Å²) < 4.78 is 0. The van der Waals surface area contributed by atoms with Crippen molar-refractivity contribution in [3.8, 4) is 0 Å². The van der Waals surface area contributed by atoms with E-state index in [1.54, 1.807) is 6.92 Å². The summed E-state index contributed by atoms with van der Waals surface area (Å²) in [4.78, 5) is 13.2. The van der Waals surface area contributed by atoms with Crippen LogP contribution < -0.4 is 0 Å². The molecule has 1 amide bonds. The van der Waals surface area contributed by atoms with E-state index in [9.17, 15) is 4.79 Å². The number of carbonyl (C=O) groups excluding carboxylic acids is 1. The zero-order valence-corrected chi connectivity index (χ0v) is 9.37. The van der Waals surface area contributed by atoms with Gasteiger partial charge >= 0.3 is 0 Å². The molecule has 76 valence electrons. The third-order valence-corrected chi connectivity index (χ3v) is 3.15. The summed E-state index contributed by atoms with van der Waals surface area (Å²) in [7, 11) is 0. The third kappa shape index (κ3) is 1.87. The van der Waals surface area contributed by atoms with Gasteiger partial charge in [0.25, 0.3) is 0 Å². The van der Waals surface area contributed by atoms with Crippen LogP contribution in [0, 0.1) is 17.8 Å². The number of likely N-dealkylation sites (tertiary alicyclic amines) is 1. The Hall–Kier alpha value is -0.530. The van der Waals surface area contributed by atoms with Gasteiger partial charge in [-0.3, -0.25) is 4.79 Å². The third-order valence-electron chi connectivity index (χ3n) is 3.15. The summed E-state index contributed by atoms with van der Waals surface area (Å²) in [5.41, 5.74) is 0. The Morgan fingerprint density at radius 2 is 1.77 bits per heavy atom. The van der Waals surface area contributed by atoms with E-state index < -0.39 is 0 Å². The van der Waals surface area contributed by atoms with E-state index in [4.69, 9.17) is 0 Å². The van der Waals surface area contributed by atoms with Gasteiger partial charge in [-0.05, 0) is 17.8 Å². The van der Waals surface area contributed by atoms with Gasteiger partial charge in [-0.25, -0.2) is 0 Å². The zero-order valence-electron chi connectivity index (χ0n) is 9.37. The van der Waals surface area contributed by atoms with E-state index >= 15 is 0 Å². The van der Waals surface area contributed by atoms with Crippen LogP contribution >= 0.6 is 0 Å². The topological polar surface area (TPSA) is 20.3 Å². The molecule has 0 aliphatic carbocycles. The zero-order chi connectivity index (χ0) is 10.2. The Bertz CT molecular complexity index is 198. The van der Waals surface area contributed by atoms with Gasteiger partial charge in [0.15, 0.2) is 0 Å². The highest BCUT2D eigenvalue weighted by Gasteiger charge is 2.43. The van der Waals surface area contributed by atoms with Crippen molar-refractivity contribution >= 4 is 5.91 Å². The van der Waals surface area contributed by atoms with E-state index in [-0.39, 0.29) is 5.91 Å². The molecule has 2 nitrogen and oxygen atoms in total. The van der Waals surface area contributed by atoms with Crippen LogP contribution in [-0.4, -0.2) is 23.4 Å². The summed E-state index contributed by atoms with van der Waals surface area (Å²) >= 11 is 0. The largest absolute Gasteiger partial charge is 0.339 e. The molecule has 1 rings (SSSR count). The normalized spacial score (nSPS) is 28.1. The second-order valence-corrected chi connectivity index (χ2v) is 4.81. The molecule has 2 heteroatoms. The van der Waals surface area contributed by atoms with Crippen LogP contribution in [0.25, 0.3) is 0 Å². The second kappa shape index (κ2) is 3.69. The molecule has 0 radical (unpaired) electrons. The Kier molecular flexibility index (Phi) is 2.99. The lowest BCUT2D eigenvalue weighted by atomic mass is 9.75. The van der Waals surface area contributed by atoms with Gasteiger partial charge < -0.3 is 4.90 Å². The lowest BCUT2D eigenvalue weighted by Crippen LogP contribution is -2.61. The molecule has 1 saturated heterocycles. The van der Waals surface area contributed by atoms with E-state index in [2.05, 4.69) is 27.7 Å². The molecule has 1 heterocycles. The molecule has 0 aromatic rings. The molecule has 0 N–H and O–H groups in total. The minimum absolute atomic E-state index is 0.232. The number of amides is 1. The lowest BCUT2D eigenvalue weighted by Gasteiger charge is -2.52. The maximum absolute atomic E-state index is 11.2. The quantitative estimate of drug-likeness (QED) is 0.642. The fourth-order valence-electron chi connectivity index (χ4n) is 2.35. The van der Waals surface area contributed by atoms with Crippen molar-refractivity contribution in [2.45, 2.75) is 40.7 Å². The first-order chi connectivity index (χ1) is 5.95. The van der Waals surface area contributed by atoms with E-state index in [1.165, 1.54) is 0 Å². The number of carbonyl (C=O) groups is 1. The van der Waals surface area contributed by atoms with Crippen LogP contribution in [0.5, 0.6) is 0 Å². The first kappa shape index (κ1) is 10.6. The molecule has 13 heavy (non-hydrogen) atoms. The van der Waals surface area contributed by atoms with Crippen molar-refractivity contribution in [2.75, 3.05) is 6.54 Å². The molecule has 0 aromatic heterocycles. The van der Waals surface area contributed by atoms with Crippen LogP contribution in [0.1, 0.15) is 34.6 Å². The summed E-state index contributed by atoms with van der Waals surface area (Å²) in [6.07, 6.45) is 0. The van der Waals surface area contributed by atoms with Crippen molar-refractivity contribution in [1.29, 1.82) is 0 Å². The average molecular weight is 183 g/mol. The second-order valence-electron chi connectivity index (χ2n) is 4.81. The van der Waals surface area contributed by atoms with Crippen LogP contribution in [-0.2, 0) is 4.79 Å². The van der Waals surface area contributed by atoms with Crippen LogP contribution in [0.4, 0.5) is 0 Å². The molecule has 2 unspecified atom stereocenters. The molecule has 0 spiro atoms. The highest BCUT2D eigenvalue weighted by Crippen LogP contribution is 2.35. The van der Waals surface area contributed by atoms with Crippen LogP contribution in [0.15, 0.2) is 0 Å². The monoisotopic (exact) mass is 183 g/mol. The van der Waals surface area contributed by atoms with Gasteiger partial charge in [0.1, 0.15) is 0 Å². The van der Waals surface area contributed by atoms with Crippen molar-refractivity contribution < 1.29 is 4.79 Å². The molecule has 2 atom stereocenters. The molecule has 0 aromatic carbocycles. The van der Waals surface area contributed by atoms with E-state index in [0.29, 0.717) is 23.8 Å². The average Bonchev–Trinajstić information content (AvgIpc) is 1.79. The lowest BCUT2D eigenvalue weighted by molar-refractivity contribution is -0.146. The van der Waals surface area contributed by atoms with Crippen LogP contribution in [0.2, 0.25) is 0 Å². The van der Waals surface area contributed by atoms with Gasteiger partial charge in [0.05, 0.1) is 0 Å². The Labute approximate surface area is 81.3 Å². The van der Waals surface area contributed by atoms with Crippen molar-refractivity contribution in [3.63, 3.8) is 0 Å². The van der Waals surface area contributed by atoms with Gasteiger partial charge in [0.2, 0.25) is 5.91 Å². The summed E-state index contributed by atoms with van der Waals surface area (Å²) in [5.74, 6) is 2.23. The fourth-order valence-corrected chi connectivity index (χ4v) is 2.35. The Morgan fingerprint density at radius 1 is 1.23 bits per heavy atom. The fraction of sp³-hybridized carbons (Fsp3) is 0.909. The molecule has 1 aliphatic heterocycles. The van der Waals surface area contributed by atoms with Crippen molar-refractivity contribution in [1.82, 2.24) is 4.90 Å². The molecular weight excluding hydrogens is 162 g/mol. The van der Waals surface area contributed by atoms with Gasteiger partial charge in [-0.2, -0.15) is 0 Å². The Balaban J connectivity index is 2.63. The van der Waals surface area contributed by atoms with Crippen molar-refractivity contribution in [3.05, 3.63) is 0 Å². The summed E-state index contributed by atoms with van der Waals surface area (Å²) in [6.45, 7) is 11.5. The first-order valence-electron chi connectivity index (χ1n) is 5.22. The molecule has 1 aliphatic rings. The minimum Gasteiger partial charge on any atom is -0.339 e. The van der Waals surface area contributed by atoms with Gasteiger partial charge in [-0.1, -0.05) is 27.7 Å². The highest BCUT2D eigenvalue weighted by atomic mass is 16.2. The maximum Gasteiger partial charge on any atom is 0.219 e. The molecule has 0 saturated carbocycles. The molecular formula is C11H21NO. The van der Waals surface area contributed by atoms with Crippen LogP contribution in [0.3, 0.4) is 0 Å². The first-order valence-corrected chi connectivity index (χ1v) is 5.22. The maximum atomic E-state index is 11.2. The number of hydrogen-bond acceptors (Lipinski definition) is 1. The SMILES string of the molecule is CC(=O)N1CC(C(C)C)C1C(C)C. The molecule has 0 bridgehead atoms. The molecule has 1 fully saturated rings. The van der Waals surface area contributed by atoms with Gasteiger partial charge in [-0.15, -0.1) is 0 Å². The summed E-state index contributed by atoms with van der Waals surface area (Å²) in [5, 5.41) is 0. The smallest absolute Gasteiger partial charge is 0.219 e. The predicted octanol–water partition coefficient (Wildman–Crippen LogP) is 2.15. The summed E-state index contributed by atoms with van der Waals surface area (Å²) in [6, 6.07) is 0.484. The number of nitrogens with zero attached hydrogens (tertiary/aromatic N) is 1. The standard InChI is InChI=1S/C11H21NO/c1-7(2)10-6-12(9(5)13)11(10)8(3)4/h7-8,10-11H,6H2,1-5H3. The predicted molar refractivity (Wildman–Crippen MR) is 54.3 cm³/mol. The van der Waals surface area contributed by atoms with E-state index in [0.717, 1.165) is 6.54 Å². The highest BCUT2D eigenvalue weighted by molar-refractivity contribution is 5.74. The van der Waals surface area contributed by atoms with Gasteiger partial charge in [0, 0.05) is 19.5 Å². The number of rotatable bonds is 2. The Morgan fingerprint density at radius 3 is 2.08 bits per heavy atom. The number of hydrogen-bond donors (Lipinski definition) is 0. The van der Waals surface area contributed by atoms with E-state index in [1.807, 2.05) is 4.90 Å².